The molecule has 10 aromatic rings. The molecule has 0 atom stereocenters. The van der Waals surface area contributed by atoms with Gasteiger partial charge in [0, 0.05) is 33.5 Å². The molecule has 0 N–H and O–H groups in total. The number of benzene rings is 10. The van der Waals surface area contributed by atoms with Gasteiger partial charge >= 0.3 is 0 Å². The number of anilines is 6. The first-order valence-corrected chi connectivity index (χ1v) is 33.3. The maximum Gasteiger partial charge on any atom is 0.0775 e. The number of hydrogen-bond acceptors (Lipinski definition) is 2. The summed E-state index contributed by atoms with van der Waals surface area (Å²) in [7, 11) is -3.08. The van der Waals surface area contributed by atoms with E-state index in [-0.39, 0.29) is 0 Å². The van der Waals surface area contributed by atoms with Crippen LogP contribution in [0.15, 0.2) is 182 Å². The fourth-order valence-corrected chi connectivity index (χ4v) is 13.2. The molecule has 0 aliphatic carbocycles. The fourth-order valence-electron chi connectivity index (χ4n) is 10.8. The van der Waals surface area contributed by atoms with Gasteiger partial charge in [-0.25, -0.2) is 0 Å². The molecule has 10 aromatic carbocycles. The van der Waals surface area contributed by atoms with Gasteiger partial charge in [-0.15, -0.1) is 0 Å². The molecular formula is C68H72N2Si2. The van der Waals surface area contributed by atoms with Crippen molar-refractivity contribution in [3.8, 4) is 0 Å². The molecule has 0 unspecified atom stereocenters. The van der Waals surface area contributed by atoms with E-state index in [9.17, 15) is 0 Å². The zero-order valence-corrected chi connectivity index (χ0v) is 46.8. The number of rotatable bonds is 14. The van der Waals surface area contributed by atoms with E-state index in [1.807, 2.05) is 0 Å². The van der Waals surface area contributed by atoms with E-state index >= 15 is 0 Å². The minimum atomic E-state index is -1.54. The molecule has 362 valence electrons. The summed E-state index contributed by atoms with van der Waals surface area (Å²) in [5, 5.41) is 10.8. The Morgan fingerprint density at radius 2 is 0.597 bits per heavy atom. The lowest BCUT2D eigenvalue weighted by atomic mass is 9.84. The van der Waals surface area contributed by atoms with E-state index in [0.29, 0.717) is 11.8 Å². The van der Waals surface area contributed by atoms with Crippen LogP contribution in [0.5, 0.6) is 0 Å². The first-order valence-electron chi connectivity index (χ1n) is 26.3. The summed E-state index contributed by atoms with van der Waals surface area (Å²) in [5.74, 6) is 0.593. The second-order valence-corrected chi connectivity index (χ2v) is 33.4. The molecule has 0 saturated heterocycles. The Morgan fingerprint density at radius 1 is 0.333 bits per heavy atom. The summed E-state index contributed by atoms with van der Waals surface area (Å²) in [5.41, 5.74) is 17.7. The first-order chi connectivity index (χ1) is 34.4. The van der Waals surface area contributed by atoms with E-state index in [2.05, 4.69) is 273 Å². The maximum atomic E-state index is 2.54. The summed E-state index contributed by atoms with van der Waals surface area (Å²) in [6, 6.07) is 70.4. The van der Waals surface area contributed by atoms with Crippen LogP contribution < -0.4 is 20.2 Å². The Labute approximate surface area is 432 Å². The molecule has 0 saturated carbocycles. The van der Waals surface area contributed by atoms with Crippen LogP contribution in [-0.2, 0) is 12.8 Å². The third-order valence-corrected chi connectivity index (χ3v) is 19.2. The Kier molecular flexibility index (Phi) is 13.1. The molecule has 10 rings (SSSR count). The van der Waals surface area contributed by atoms with E-state index in [4.69, 9.17) is 0 Å². The topological polar surface area (TPSA) is 6.48 Å². The molecule has 0 fully saturated rings. The van der Waals surface area contributed by atoms with Crippen LogP contribution in [0.2, 0.25) is 39.3 Å². The quantitative estimate of drug-likeness (QED) is 0.0791. The van der Waals surface area contributed by atoms with E-state index in [0.717, 1.165) is 24.2 Å². The van der Waals surface area contributed by atoms with Crippen molar-refractivity contribution in [2.45, 2.75) is 106 Å². The summed E-state index contributed by atoms with van der Waals surface area (Å²) in [6.07, 6.45) is 1.80. The van der Waals surface area contributed by atoms with Crippen molar-refractivity contribution in [2.24, 2.45) is 0 Å². The minimum absolute atomic E-state index is 0.296. The van der Waals surface area contributed by atoms with Crippen molar-refractivity contribution in [2.75, 3.05) is 9.80 Å². The van der Waals surface area contributed by atoms with Gasteiger partial charge in [0.2, 0.25) is 0 Å². The molecule has 0 aromatic heterocycles. The normalized spacial score (nSPS) is 12.2. The van der Waals surface area contributed by atoms with Crippen LogP contribution in [0.4, 0.5) is 34.1 Å². The van der Waals surface area contributed by atoms with Gasteiger partial charge in [-0.2, -0.15) is 0 Å². The van der Waals surface area contributed by atoms with Gasteiger partial charge in [0.05, 0.1) is 27.5 Å². The van der Waals surface area contributed by atoms with Gasteiger partial charge in [-0.3, -0.25) is 0 Å². The molecule has 72 heavy (non-hydrogen) atoms. The van der Waals surface area contributed by atoms with E-state index in [1.54, 1.807) is 0 Å². The number of nitrogens with zero attached hydrogens (tertiary/aromatic N) is 2. The summed E-state index contributed by atoms with van der Waals surface area (Å²) < 4.78 is 0. The van der Waals surface area contributed by atoms with Crippen LogP contribution in [0, 0.1) is 13.8 Å². The van der Waals surface area contributed by atoms with Gasteiger partial charge in [-0.05, 0) is 154 Å². The second-order valence-electron chi connectivity index (χ2n) is 23.3. The molecule has 0 aliphatic rings. The average Bonchev–Trinajstić information content (AvgIpc) is 3.36. The van der Waals surface area contributed by atoms with Crippen molar-refractivity contribution in [1.82, 2.24) is 0 Å². The van der Waals surface area contributed by atoms with Crippen LogP contribution in [0.3, 0.4) is 0 Å². The fraction of sp³-hybridized carbons (Fsp3) is 0.235. The summed E-state index contributed by atoms with van der Waals surface area (Å²) >= 11 is 0. The maximum absolute atomic E-state index is 2.54. The lowest BCUT2D eigenvalue weighted by Gasteiger charge is -2.32. The largest absolute Gasteiger partial charge is 0.310 e. The molecular weight excluding hydrogens is 901 g/mol. The molecule has 0 heterocycles. The van der Waals surface area contributed by atoms with Crippen molar-refractivity contribution < 1.29 is 0 Å². The number of hydrogen-bond donors (Lipinski definition) is 0. The van der Waals surface area contributed by atoms with Crippen molar-refractivity contribution in [3.05, 3.63) is 226 Å². The third-order valence-electron chi connectivity index (χ3n) is 15.1. The Balaban J connectivity index is 1.20. The molecule has 0 amide bonds. The molecule has 0 radical (unpaired) electrons. The van der Waals surface area contributed by atoms with Crippen LogP contribution in [-0.4, -0.2) is 16.1 Å². The molecule has 2 nitrogen and oxygen atoms in total. The van der Waals surface area contributed by atoms with Crippen molar-refractivity contribution >= 4 is 93.0 Å². The molecule has 0 aliphatic heterocycles. The van der Waals surface area contributed by atoms with Crippen molar-refractivity contribution in [1.29, 1.82) is 0 Å². The molecule has 4 heteroatoms. The SMILES string of the molecule is Cc1ccc(Cc2ccc(N(c3ccc([Si](C)(C)C)cc3)c3cc(C(C)C)c4ccc5c(N(c6ccc(Cc7ccc(C)cc7)cc6)c6ccc([Si](C)(C)C)cc6)cc(C(C)C)c6ccc3c4c65)cc2)cc1. The van der Waals surface area contributed by atoms with Crippen molar-refractivity contribution in [3.63, 3.8) is 0 Å². The lowest BCUT2D eigenvalue weighted by Crippen LogP contribution is -2.37. The lowest BCUT2D eigenvalue weighted by molar-refractivity contribution is 0.875. The standard InChI is InChI=1S/C68H72N2Si2/c1-45(2)63-43-65(69(55-29-33-57(34-30-55)71(7,8)9)53-25-21-51(22-26-53)41-49-17-13-47(5)14-18-49)61-40-38-60-64(46(3)4)44-66(62-39-37-59(63)67(61)68(60)62)70(56-31-35-58(36-32-56)72(10,11)12)54-27-23-52(24-28-54)42-50-19-15-48(6)16-20-50/h13-40,43-46H,41-42H2,1-12H3. The second kappa shape index (κ2) is 19.4. The van der Waals surface area contributed by atoms with Crippen LogP contribution >= 0.6 is 0 Å². The van der Waals surface area contributed by atoms with Gasteiger partial charge in [0.15, 0.2) is 0 Å². The summed E-state index contributed by atoms with van der Waals surface area (Å²) in [4.78, 5) is 5.08. The van der Waals surface area contributed by atoms with Gasteiger partial charge in [0.25, 0.3) is 0 Å². The zero-order valence-electron chi connectivity index (χ0n) is 44.8. The zero-order chi connectivity index (χ0) is 50.6. The number of aryl methyl sites for hydroxylation is 2. The Bertz CT molecular complexity index is 3260. The predicted octanol–water partition coefficient (Wildman–Crippen LogP) is 18.7. The average molecular weight is 974 g/mol. The van der Waals surface area contributed by atoms with Gasteiger partial charge in [-0.1, -0.05) is 210 Å². The summed E-state index contributed by atoms with van der Waals surface area (Å²) in [6.45, 7) is 28.4. The monoisotopic (exact) mass is 973 g/mol. The Morgan fingerprint density at radius 3 is 0.875 bits per heavy atom. The third kappa shape index (κ3) is 9.67. The highest BCUT2D eigenvalue weighted by atomic mass is 28.3. The van der Waals surface area contributed by atoms with E-state index < -0.39 is 16.1 Å². The van der Waals surface area contributed by atoms with Crippen LogP contribution in [0.25, 0.3) is 32.3 Å². The minimum Gasteiger partial charge on any atom is -0.310 e. The highest BCUT2D eigenvalue weighted by Crippen LogP contribution is 2.51. The Hall–Kier alpha value is -6.73. The predicted molar refractivity (Wildman–Crippen MR) is 322 cm³/mol. The van der Waals surface area contributed by atoms with Gasteiger partial charge < -0.3 is 9.80 Å². The molecule has 0 bridgehead atoms. The molecule has 0 spiro atoms. The first kappa shape index (κ1) is 48.9. The van der Waals surface area contributed by atoms with Gasteiger partial charge in [0.1, 0.15) is 0 Å². The highest BCUT2D eigenvalue weighted by molar-refractivity contribution is 6.89. The van der Waals surface area contributed by atoms with Crippen LogP contribution in [0.1, 0.15) is 84.0 Å². The highest BCUT2D eigenvalue weighted by Gasteiger charge is 2.27. The van der Waals surface area contributed by atoms with E-state index in [1.165, 1.54) is 110 Å². The smallest absolute Gasteiger partial charge is 0.0775 e.